The van der Waals surface area contributed by atoms with Gasteiger partial charge < -0.3 is 14.1 Å². The summed E-state index contributed by atoms with van der Waals surface area (Å²) in [5.74, 6) is -6.63. The molecule has 0 atom stereocenters. The summed E-state index contributed by atoms with van der Waals surface area (Å²) >= 11 is 0. The molecular formula is C23H20F4N2O3. The van der Waals surface area contributed by atoms with Crippen molar-refractivity contribution in [3.8, 4) is 5.75 Å². The highest BCUT2D eigenvalue weighted by molar-refractivity contribution is 5.94. The molecule has 1 aromatic heterocycles. The van der Waals surface area contributed by atoms with E-state index in [1.165, 1.54) is 0 Å². The highest BCUT2D eigenvalue weighted by atomic mass is 19.2. The molecule has 32 heavy (non-hydrogen) atoms. The molecule has 5 nitrogen and oxygen atoms in total. The molecule has 0 spiro atoms. The molecule has 0 bridgehead atoms. The monoisotopic (exact) mass is 448 g/mol. The molecule has 3 aromatic rings. The number of nitrogens with zero attached hydrogens (tertiary/aromatic N) is 2. The quantitative estimate of drug-likeness (QED) is 0.415. The molecule has 0 N–H and O–H groups in total. The Morgan fingerprint density at radius 1 is 0.938 bits per heavy atom. The summed E-state index contributed by atoms with van der Waals surface area (Å²) in [5, 5.41) is 0. The Labute approximate surface area is 181 Å². The van der Waals surface area contributed by atoms with E-state index < -0.39 is 29.0 Å². The highest BCUT2D eigenvalue weighted by Gasteiger charge is 2.23. The average Bonchev–Trinajstić information content (AvgIpc) is 3.31. The van der Waals surface area contributed by atoms with E-state index in [-0.39, 0.29) is 18.6 Å². The predicted molar refractivity (Wildman–Crippen MR) is 107 cm³/mol. The van der Waals surface area contributed by atoms with Crippen LogP contribution in [-0.2, 0) is 13.2 Å². The van der Waals surface area contributed by atoms with E-state index in [9.17, 15) is 22.4 Å². The first-order chi connectivity index (χ1) is 15.4. The number of hydrogen-bond donors (Lipinski definition) is 0. The zero-order chi connectivity index (χ0) is 22.7. The lowest BCUT2D eigenvalue weighted by Crippen LogP contribution is -2.48. The van der Waals surface area contributed by atoms with Crippen LogP contribution in [-0.4, -0.2) is 41.9 Å². The van der Waals surface area contributed by atoms with Crippen LogP contribution in [0, 0.1) is 23.3 Å². The van der Waals surface area contributed by atoms with Crippen LogP contribution >= 0.6 is 0 Å². The van der Waals surface area contributed by atoms with Gasteiger partial charge in [0, 0.05) is 37.8 Å². The summed E-state index contributed by atoms with van der Waals surface area (Å²) in [6.45, 7) is 2.97. The zero-order valence-corrected chi connectivity index (χ0v) is 17.0. The van der Waals surface area contributed by atoms with Crippen molar-refractivity contribution in [2.75, 3.05) is 26.2 Å². The van der Waals surface area contributed by atoms with E-state index in [2.05, 4.69) is 4.90 Å². The van der Waals surface area contributed by atoms with Gasteiger partial charge in [-0.2, -0.15) is 8.78 Å². The second kappa shape index (κ2) is 9.44. The molecule has 0 aliphatic carbocycles. The SMILES string of the molecule is O=C(c1ccc(COc2c(F)c(F)cc(F)c2F)cc1)N1CCN(Cc2ccco2)CC1. The van der Waals surface area contributed by atoms with Gasteiger partial charge in [-0.15, -0.1) is 0 Å². The van der Waals surface area contributed by atoms with Gasteiger partial charge in [0.15, 0.2) is 17.4 Å². The van der Waals surface area contributed by atoms with Crippen molar-refractivity contribution < 1.29 is 31.5 Å². The largest absolute Gasteiger partial charge is 0.483 e. The van der Waals surface area contributed by atoms with Crippen LogP contribution in [0.1, 0.15) is 21.7 Å². The van der Waals surface area contributed by atoms with Crippen LogP contribution in [0.4, 0.5) is 17.6 Å². The number of benzene rings is 2. The van der Waals surface area contributed by atoms with E-state index in [0.717, 1.165) is 18.8 Å². The third kappa shape index (κ3) is 4.77. The van der Waals surface area contributed by atoms with Gasteiger partial charge in [0.25, 0.3) is 5.91 Å². The van der Waals surface area contributed by atoms with Crippen molar-refractivity contribution in [1.29, 1.82) is 0 Å². The van der Waals surface area contributed by atoms with Gasteiger partial charge in [-0.05, 0) is 29.8 Å². The molecule has 1 aliphatic rings. The number of amides is 1. The number of rotatable bonds is 6. The molecule has 2 aromatic carbocycles. The maximum Gasteiger partial charge on any atom is 0.253 e. The Kier molecular flexibility index (Phi) is 6.45. The van der Waals surface area contributed by atoms with Gasteiger partial charge >= 0.3 is 0 Å². The van der Waals surface area contributed by atoms with E-state index in [1.807, 2.05) is 12.1 Å². The number of ether oxygens (including phenoxy) is 1. The van der Waals surface area contributed by atoms with Crippen LogP contribution in [0.2, 0.25) is 0 Å². The van der Waals surface area contributed by atoms with E-state index in [4.69, 9.17) is 9.15 Å². The first-order valence-corrected chi connectivity index (χ1v) is 10.0. The third-order valence-corrected chi connectivity index (χ3v) is 5.27. The molecule has 0 unspecified atom stereocenters. The number of halogens is 4. The van der Waals surface area contributed by atoms with Crippen molar-refractivity contribution in [3.05, 3.63) is 88.9 Å². The second-order valence-electron chi connectivity index (χ2n) is 7.43. The molecule has 168 valence electrons. The van der Waals surface area contributed by atoms with Crippen molar-refractivity contribution in [3.63, 3.8) is 0 Å². The lowest BCUT2D eigenvalue weighted by atomic mass is 10.1. The lowest BCUT2D eigenvalue weighted by molar-refractivity contribution is 0.0620. The van der Waals surface area contributed by atoms with E-state index >= 15 is 0 Å². The highest BCUT2D eigenvalue weighted by Crippen LogP contribution is 2.27. The first-order valence-electron chi connectivity index (χ1n) is 10.0. The number of hydrogen-bond acceptors (Lipinski definition) is 4. The van der Waals surface area contributed by atoms with Gasteiger partial charge in [-0.3, -0.25) is 9.69 Å². The molecule has 0 radical (unpaired) electrons. The molecule has 9 heteroatoms. The van der Waals surface area contributed by atoms with Gasteiger partial charge in [0.2, 0.25) is 11.6 Å². The van der Waals surface area contributed by atoms with Crippen LogP contribution in [0.5, 0.6) is 5.75 Å². The minimum atomic E-state index is -1.60. The summed E-state index contributed by atoms with van der Waals surface area (Å²) in [6.07, 6.45) is 1.63. The Balaban J connectivity index is 1.32. The average molecular weight is 448 g/mol. The summed E-state index contributed by atoms with van der Waals surface area (Å²) in [6, 6.07) is 10.2. The fourth-order valence-electron chi connectivity index (χ4n) is 3.49. The van der Waals surface area contributed by atoms with Crippen LogP contribution in [0.15, 0.2) is 53.1 Å². The Morgan fingerprint density at radius 3 is 2.19 bits per heavy atom. The Bertz CT molecular complexity index is 1050. The molecular weight excluding hydrogens is 428 g/mol. The molecule has 1 amide bonds. The van der Waals surface area contributed by atoms with Gasteiger partial charge in [0.1, 0.15) is 12.4 Å². The molecule has 2 heterocycles. The zero-order valence-electron chi connectivity index (χ0n) is 17.0. The summed E-state index contributed by atoms with van der Waals surface area (Å²) < 4.78 is 64.2. The fourth-order valence-corrected chi connectivity index (χ4v) is 3.49. The molecule has 1 saturated heterocycles. The van der Waals surface area contributed by atoms with Gasteiger partial charge in [-0.25, -0.2) is 8.78 Å². The maximum atomic E-state index is 13.7. The summed E-state index contributed by atoms with van der Waals surface area (Å²) in [5.41, 5.74) is 0.940. The summed E-state index contributed by atoms with van der Waals surface area (Å²) in [4.78, 5) is 16.7. The molecule has 4 rings (SSSR count). The minimum Gasteiger partial charge on any atom is -0.483 e. The number of carbonyl (C=O) groups excluding carboxylic acids is 1. The van der Waals surface area contributed by atoms with Crippen molar-refractivity contribution >= 4 is 5.91 Å². The van der Waals surface area contributed by atoms with E-state index in [0.29, 0.717) is 30.8 Å². The van der Waals surface area contributed by atoms with Crippen molar-refractivity contribution in [2.24, 2.45) is 0 Å². The molecule has 1 fully saturated rings. The topological polar surface area (TPSA) is 45.9 Å². The lowest BCUT2D eigenvalue weighted by Gasteiger charge is -2.34. The fraction of sp³-hybridized carbons (Fsp3) is 0.261. The maximum absolute atomic E-state index is 13.7. The Hall–Kier alpha value is -3.33. The number of furan rings is 1. The third-order valence-electron chi connectivity index (χ3n) is 5.27. The second-order valence-corrected chi connectivity index (χ2v) is 7.43. The smallest absolute Gasteiger partial charge is 0.253 e. The number of piperazine rings is 1. The van der Waals surface area contributed by atoms with Crippen molar-refractivity contribution in [2.45, 2.75) is 13.2 Å². The van der Waals surface area contributed by atoms with E-state index in [1.54, 1.807) is 35.4 Å². The van der Waals surface area contributed by atoms with Crippen LogP contribution < -0.4 is 4.74 Å². The van der Waals surface area contributed by atoms with Crippen molar-refractivity contribution in [1.82, 2.24) is 9.80 Å². The first kappa shape index (κ1) is 21.9. The van der Waals surface area contributed by atoms with Gasteiger partial charge in [0.05, 0.1) is 12.8 Å². The standard InChI is InChI=1S/C23H20F4N2O3/c24-18-12-19(25)21(27)22(20(18)26)32-14-15-3-5-16(6-4-15)23(30)29-9-7-28(8-10-29)13-17-2-1-11-31-17/h1-6,11-12H,7-10,13-14H2. The van der Waals surface area contributed by atoms with Gasteiger partial charge in [-0.1, -0.05) is 12.1 Å². The summed E-state index contributed by atoms with van der Waals surface area (Å²) in [7, 11) is 0. The molecule has 0 saturated carbocycles. The molecule has 1 aliphatic heterocycles. The Morgan fingerprint density at radius 2 is 1.59 bits per heavy atom. The number of carbonyl (C=O) groups is 1. The predicted octanol–water partition coefficient (Wildman–Crippen LogP) is 4.37. The normalized spacial score (nSPS) is 14.6. The minimum absolute atomic E-state index is 0.120. The van der Waals surface area contributed by atoms with Crippen LogP contribution in [0.25, 0.3) is 0 Å². The van der Waals surface area contributed by atoms with Crippen LogP contribution in [0.3, 0.4) is 0 Å².